The van der Waals surface area contributed by atoms with Gasteiger partial charge in [0.05, 0.1) is 16.6 Å². The molecule has 124 valence electrons. The van der Waals surface area contributed by atoms with Crippen molar-refractivity contribution in [3.8, 4) is 0 Å². The van der Waals surface area contributed by atoms with Gasteiger partial charge in [-0.25, -0.2) is 9.97 Å². The summed E-state index contributed by atoms with van der Waals surface area (Å²) in [6, 6.07) is 12.5. The molecule has 0 spiro atoms. The van der Waals surface area contributed by atoms with Crippen LogP contribution in [0, 0.1) is 6.92 Å². The van der Waals surface area contributed by atoms with Crippen LogP contribution in [0.4, 0.5) is 0 Å². The first kappa shape index (κ1) is 16.9. The first-order valence-electron chi connectivity index (χ1n) is 8.03. The Kier molecular flexibility index (Phi) is 4.83. The largest absolute Gasteiger partial charge is 0.324 e. The van der Waals surface area contributed by atoms with E-state index in [2.05, 4.69) is 70.0 Å². The zero-order valence-corrected chi connectivity index (χ0v) is 16.0. The summed E-state index contributed by atoms with van der Waals surface area (Å²) in [5.41, 5.74) is 6.23. The lowest BCUT2D eigenvalue weighted by molar-refractivity contribution is 0.817. The SMILES string of the molecule is CCn1c2ccc(Br)cc2c2nc3cc(C)ccc3nc21.CNC. The zero-order chi connectivity index (χ0) is 17.3. The smallest absolute Gasteiger partial charge is 0.160 e. The molecule has 2 aromatic carbocycles. The molecule has 1 N–H and O–H groups in total. The van der Waals surface area contributed by atoms with E-state index < -0.39 is 0 Å². The fourth-order valence-electron chi connectivity index (χ4n) is 2.89. The van der Waals surface area contributed by atoms with Gasteiger partial charge in [-0.2, -0.15) is 0 Å². The van der Waals surface area contributed by atoms with Gasteiger partial charge < -0.3 is 9.88 Å². The minimum Gasteiger partial charge on any atom is -0.324 e. The van der Waals surface area contributed by atoms with Crippen LogP contribution in [0.5, 0.6) is 0 Å². The molecule has 0 saturated heterocycles. The lowest BCUT2D eigenvalue weighted by Gasteiger charge is -2.03. The highest BCUT2D eigenvalue weighted by atomic mass is 79.9. The van der Waals surface area contributed by atoms with Crippen molar-refractivity contribution in [3.05, 3.63) is 46.4 Å². The summed E-state index contributed by atoms with van der Waals surface area (Å²) in [4.78, 5) is 9.71. The Morgan fingerprint density at radius 2 is 1.79 bits per heavy atom. The number of rotatable bonds is 1. The molecule has 0 saturated carbocycles. The Morgan fingerprint density at radius 1 is 1.04 bits per heavy atom. The van der Waals surface area contributed by atoms with Gasteiger partial charge in [-0.15, -0.1) is 0 Å². The summed E-state index contributed by atoms with van der Waals surface area (Å²) in [6.07, 6.45) is 0. The molecule has 0 fully saturated rings. The Bertz CT molecular complexity index is 1020. The average Bonchev–Trinajstić information content (AvgIpc) is 2.85. The molecule has 0 radical (unpaired) electrons. The third-order valence-corrected chi connectivity index (χ3v) is 4.37. The van der Waals surface area contributed by atoms with Gasteiger partial charge in [0.2, 0.25) is 0 Å². The molecule has 0 aliphatic heterocycles. The van der Waals surface area contributed by atoms with Crippen molar-refractivity contribution in [2.24, 2.45) is 0 Å². The van der Waals surface area contributed by atoms with Gasteiger partial charge in [0, 0.05) is 16.4 Å². The minimum absolute atomic E-state index is 0.883. The lowest BCUT2D eigenvalue weighted by Crippen LogP contribution is -1.96. The number of benzene rings is 2. The Morgan fingerprint density at radius 3 is 2.50 bits per heavy atom. The van der Waals surface area contributed by atoms with E-state index in [1.54, 1.807) is 0 Å². The number of nitrogens with zero attached hydrogens (tertiary/aromatic N) is 3. The van der Waals surface area contributed by atoms with Crippen LogP contribution in [0.2, 0.25) is 0 Å². The van der Waals surface area contributed by atoms with Gasteiger partial charge in [0.15, 0.2) is 5.65 Å². The van der Waals surface area contributed by atoms with Crippen LogP contribution in [-0.4, -0.2) is 28.6 Å². The van der Waals surface area contributed by atoms with Gasteiger partial charge in [-0.05, 0) is 63.8 Å². The Labute approximate surface area is 150 Å². The maximum Gasteiger partial charge on any atom is 0.160 e. The topological polar surface area (TPSA) is 42.7 Å². The van der Waals surface area contributed by atoms with Crippen LogP contribution in [0.3, 0.4) is 0 Å². The summed E-state index contributed by atoms with van der Waals surface area (Å²) in [5.74, 6) is 0. The van der Waals surface area contributed by atoms with Crippen molar-refractivity contribution in [1.29, 1.82) is 0 Å². The van der Waals surface area contributed by atoms with Crippen LogP contribution in [0.1, 0.15) is 12.5 Å². The Hall–Kier alpha value is -1.98. The summed E-state index contributed by atoms with van der Waals surface area (Å²) < 4.78 is 3.29. The number of fused-ring (bicyclic) bond motifs is 4. The van der Waals surface area contributed by atoms with E-state index in [1.807, 2.05) is 20.2 Å². The van der Waals surface area contributed by atoms with Crippen molar-refractivity contribution in [1.82, 2.24) is 19.9 Å². The van der Waals surface area contributed by atoms with Crippen LogP contribution >= 0.6 is 15.9 Å². The number of aryl methyl sites for hydroxylation is 2. The minimum atomic E-state index is 0.883. The number of hydrogen-bond donors (Lipinski definition) is 1. The van der Waals surface area contributed by atoms with Crippen LogP contribution in [0.25, 0.3) is 33.1 Å². The van der Waals surface area contributed by atoms with Crippen molar-refractivity contribution in [3.63, 3.8) is 0 Å². The van der Waals surface area contributed by atoms with Gasteiger partial charge in [-0.3, -0.25) is 0 Å². The molecule has 4 nitrogen and oxygen atoms in total. The number of aromatic nitrogens is 3. The fourth-order valence-corrected chi connectivity index (χ4v) is 3.25. The van der Waals surface area contributed by atoms with E-state index >= 15 is 0 Å². The molecule has 5 heteroatoms. The molecule has 0 aliphatic rings. The maximum atomic E-state index is 4.87. The molecule has 0 unspecified atom stereocenters. The van der Waals surface area contributed by atoms with Gasteiger partial charge in [-0.1, -0.05) is 22.0 Å². The summed E-state index contributed by atoms with van der Waals surface area (Å²) in [6.45, 7) is 5.10. The monoisotopic (exact) mass is 384 g/mol. The summed E-state index contributed by atoms with van der Waals surface area (Å²) in [7, 11) is 3.75. The number of hydrogen-bond acceptors (Lipinski definition) is 3. The second-order valence-electron chi connectivity index (χ2n) is 5.79. The quantitative estimate of drug-likeness (QED) is 0.518. The van der Waals surface area contributed by atoms with Crippen molar-refractivity contribution in [2.75, 3.05) is 14.1 Å². The predicted molar refractivity (Wildman–Crippen MR) is 106 cm³/mol. The molecule has 2 aromatic heterocycles. The van der Waals surface area contributed by atoms with Gasteiger partial charge in [0.1, 0.15) is 5.52 Å². The first-order valence-corrected chi connectivity index (χ1v) is 8.82. The maximum absolute atomic E-state index is 4.87. The van der Waals surface area contributed by atoms with Crippen LogP contribution in [0.15, 0.2) is 40.9 Å². The van der Waals surface area contributed by atoms with E-state index in [0.29, 0.717) is 0 Å². The lowest BCUT2D eigenvalue weighted by atomic mass is 10.2. The second kappa shape index (κ2) is 6.87. The van der Waals surface area contributed by atoms with E-state index in [9.17, 15) is 0 Å². The molecule has 0 atom stereocenters. The molecule has 24 heavy (non-hydrogen) atoms. The Balaban J connectivity index is 0.000000526. The van der Waals surface area contributed by atoms with Crippen molar-refractivity contribution < 1.29 is 0 Å². The first-order chi connectivity index (χ1) is 11.6. The standard InChI is InChI=1S/C17H14BrN3.C2H7N/c1-3-21-15-7-5-11(18)9-12(15)16-17(21)20-13-6-4-10(2)8-14(13)19-16;1-3-2/h4-9H,3H2,1-2H3;3H,1-2H3. The van der Waals surface area contributed by atoms with Crippen molar-refractivity contribution >= 4 is 49.0 Å². The van der Waals surface area contributed by atoms with E-state index in [0.717, 1.165) is 38.6 Å². The molecule has 2 heterocycles. The van der Waals surface area contributed by atoms with Gasteiger partial charge in [0.25, 0.3) is 0 Å². The fraction of sp³-hybridized carbons (Fsp3) is 0.263. The third-order valence-electron chi connectivity index (χ3n) is 3.88. The predicted octanol–water partition coefficient (Wildman–Crippen LogP) is 4.66. The summed E-state index contributed by atoms with van der Waals surface area (Å²) >= 11 is 3.55. The average molecular weight is 385 g/mol. The van der Waals surface area contributed by atoms with Gasteiger partial charge >= 0.3 is 0 Å². The molecule has 0 aliphatic carbocycles. The van der Waals surface area contributed by atoms with Crippen molar-refractivity contribution in [2.45, 2.75) is 20.4 Å². The normalized spacial score (nSPS) is 11.0. The summed E-state index contributed by atoms with van der Waals surface area (Å²) in [5, 5.41) is 3.90. The highest BCUT2D eigenvalue weighted by Gasteiger charge is 2.13. The second-order valence-corrected chi connectivity index (χ2v) is 6.71. The van der Waals surface area contributed by atoms with E-state index in [-0.39, 0.29) is 0 Å². The molecular weight excluding hydrogens is 364 g/mol. The molecule has 4 rings (SSSR count). The zero-order valence-electron chi connectivity index (χ0n) is 14.4. The molecule has 4 aromatic rings. The third kappa shape index (κ3) is 2.89. The van der Waals surface area contributed by atoms with E-state index in [4.69, 9.17) is 9.97 Å². The number of nitrogens with one attached hydrogen (secondary N) is 1. The number of halogens is 1. The van der Waals surface area contributed by atoms with Crippen LogP contribution < -0.4 is 5.32 Å². The molecule has 0 amide bonds. The van der Waals surface area contributed by atoms with E-state index in [1.165, 1.54) is 11.1 Å². The highest BCUT2D eigenvalue weighted by Crippen LogP contribution is 2.30. The highest BCUT2D eigenvalue weighted by molar-refractivity contribution is 9.10. The van der Waals surface area contributed by atoms with Crippen LogP contribution in [-0.2, 0) is 6.54 Å². The molecule has 0 bridgehead atoms. The molecular formula is C19H21BrN4.